The summed E-state index contributed by atoms with van der Waals surface area (Å²) in [7, 11) is 0. The number of hydrogen-bond donors (Lipinski definition) is 1. The summed E-state index contributed by atoms with van der Waals surface area (Å²) in [5, 5.41) is 17.2. The van der Waals surface area contributed by atoms with Crippen LogP contribution in [-0.4, -0.2) is 26.1 Å². The Hall–Kier alpha value is -2.63. The Morgan fingerprint density at radius 1 is 1.43 bits per heavy atom. The van der Waals surface area contributed by atoms with Crippen molar-refractivity contribution < 1.29 is 14.3 Å². The molecule has 0 fully saturated rings. The molecule has 1 aromatic carbocycles. The van der Waals surface area contributed by atoms with Crippen molar-refractivity contribution in [3.63, 3.8) is 0 Å². The van der Waals surface area contributed by atoms with Crippen molar-refractivity contribution in [1.82, 2.24) is 15.0 Å². The van der Waals surface area contributed by atoms with E-state index >= 15 is 0 Å². The van der Waals surface area contributed by atoms with Crippen LogP contribution < -0.4 is 0 Å². The average Bonchev–Trinajstić information content (AvgIpc) is 3.13. The minimum Gasteiger partial charge on any atom is -0.478 e. The van der Waals surface area contributed by atoms with Gasteiger partial charge in [0.25, 0.3) is 0 Å². The number of rotatable bonds is 5. The van der Waals surface area contributed by atoms with E-state index in [0.29, 0.717) is 5.52 Å². The van der Waals surface area contributed by atoms with Gasteiger partial charge in [0.05, 0.1) is 23.4 Å². The standard InChI is InChI=1S/C15H15N3O3/c1-10(4-6-12-3-2-8-21-12)18-14-7-5-11(15(19)20)9-13(14)16-17-18/h2-3,5,7-10H,4,6H2,1H3,(H,19,20). The maximum atomic E-state index is 11.0. The first kappa shape index (κ1) is 13.4. The van der Waals surface area contributed by atoms with Crippen LogP contribution in [0, 0.1) is 0 Å². The Morgan fingerprint density at radius 2 is 2.29 bits per heavy atom. The highest BCUT2D eigenvalue weighted by molar-refractivity contribution is 5.92. The molecule has 2 aromatic heterocycles. The third-order valence-electron chi connectivity index (χ3n) is 3.52. The number of carboxylic acids is 1. The Kier molecular flexibility index (Phi) is 3.43. The summed E-state index contributed by atoms with van der Waals surface area (Å²) in [6, 6.07) is 8.84. The molecule has 6 nitrogen and oxygen atoms in total. The Labute approximate surface area is 121 Å². The third-order valence-corrected chi connectivity index (χ3v) is 3.52. The largest absolute Gasteiger partial charge is 0.478 e. The molecule has 0 radical (unpaired) electrons. The van der Waals surface area contributed by atoms with E-state index < -0.39 is 5.97 Å². The molecular formula is C15H15N3O3. The summed E-state index contributed by atoms with van der Waals surface area (Å²) < 4.78 is 7.14. The summed E-state index contributed by atoms with van der Waals surface area (Å²) in [6.07, 6.45) is 3.35. The lowest BCUT2D eigenvalue weighted by Crippen LogP contribution is -2.08. The zero-order chi connectivity index (χ0) is 14.8. The molecule has 6 heteroatoms. The van der Waals surface area contributed by atoms with Gasteiger partial charge in [0, 0.05) is 6.42 Å². The molecule has 0 aliphatic heterocycles. The summed E-state index contributed by atoms with van der Waals surface area (Å²) in [5.41, 5.74) is 1.66. The van der Waals surface area contributed by atoms with Crippen LogP contribution in [0.2, 0.25) is 0 Å². The minimum atomic E-state index is -0.961. The number of aromatic carboxylic acids is 1. The lowest BCUT2D eigenvalue weighted by molar-refractivity contribution is 0.0697. The van der Waals surface area contributed by atoms with Crippen molar-refractivity contribution in [3.05, 3.63) is 47.9 Å². The van der Waals surface area contributed by atoms with Crippen LogP contribution in [0.1, 0.15) is 35.5 Å². The molecule has 21 heavy (non-hydrogen) atoms. The number of aromatic nitrogens is 3. The highest BCUT2D eigenvalue weighted by Gasteiger charge is 2.13. The monoisotopic (exact) mass is 285 g/mol. The Morgan fingerprint density at radius 3 is 3.00 bits per heavy atom. The predicted molar refractivity (Wildman–Crippen MR) is 76.2 cm³/mol. The molecule has 0 bridgehead atoms. The second-order valence-electron chi connectivity index (χ2n) is 5.01. The molecular weight excluding hydrogens is 270 g/mol. The van der Waals surface area contributed by atoms with Gasteiger partial charge in [0.1, 0.15) is 11.3 Å². The van der Waals surface area contributed by atoms with E-state index in [2.05, 4.69) is 17.2 Å². The van der Waals surface area contributed by atoms with Gasteiger partial charge in [-0.15, -0.1) is 5.10 Å². The van der Waals surface area contributed by atoms with Gasteiger partial charge in [-0.2, -0.15) is 0 Å². The highest BCUT2D eigenvalue weighted by atomic mass is 16.4. The van der Waals surface area contributed by atoms with E-state index in [4.69, 9.17) is 9.52 Å². The summed E-state index contributed by atoms with van der Waals surface area (Å²) >= 11 is 0. The van der Waals surface area contributed by atoms with E-state index in [1.54, 1.807) is 24.5 Å². The van der Waals surface area contributed by atoms with Crippen LogP contribution in [0.5, 0.6) is 0 Å². The van der Waals surface area contributed by atoms with Gasteiger partial charge in [0.15, 0.2) is 0 Å². The maximum absolute atomic E-state index is 11.0. The van der Waals surface area contributed by atoms with Gasteiger partial charge in [-0.3, -0.25) is 0 Å². The van der Waals surface area contributed by atoms with Crippen LogP contribution in [-0.2, 0) is 6.42 Å². The summed E-state index contributed by atoms with van der Waals surface area (Å²) in [6.45, 7) is 2.06. The number of carbonyl (C=O) groups is 1. The molecule has 1 N–H and O–H groups in total. The van der Waals surface area contributed by atoms with E-state index in [1.807, 2.05) is 16.8 Å². The number of furan rings is 1. The molecule has 0 saturated carbocycles. The van der Waals surface area contributed by atoms with Crippen molar-refractivity contribution in [2.45, 2.75) is 25.8 Å². The van der Waals surface area contributed by atoms with Gasteiger partial charge in [-0.05, 0) is 43.7 Å². The van der Waals surface area contributed by atoms with E-state index in [9.17, 15) is 4.79 Å². The molecule has 3 aromatic rings. The van der Waals surface area contributed by atoms with E-state index in [1.165, 1.54) is 0 Å². The number of aryl methyl sites for hydroxylation is 1. The Bertz CT molecular complexity index is 762. The van der Waals surface area contributed by atoms with Crippen molar-refractivity contribution in [1.29, 1.82) is 0 Å². The van der Waals surface area contributed by atoms with Gasteiger partial charge in [0.2, 0.25) is 0 Å². The van der Waals surface area contributed by atoms with E-state index in [-0.39, 0.29) is 11.6 Å². The predicted octanol–water partition coefficient (Wildman–Crippen LogP) is 2.92. The first-order chi connectivity index (χ1) is 10.1. The van der Waals surface area contributed by atoms with Crippen LogP contribution in [0.15, 0.2) is 41.0 Å². The van der Waals surface area contributed by atoms with Crippen molar-refractivity contribution in [2.75, 3.05) is 0 Å². The van der Waals surface area contributed by atoms with Gasteiger partial charge >= 0.3 is 5.97 Å². The normalized spacial score (nSPS) is 12.6. The molecule has 0 saturated heterocycles. The minimum absolute atomic E-state index is 0.149. The van der Waals surface area contributed by atoms with Crippen molar-refractivity contribution in [2.24, 2.45) is 0 Å². The first-order valence-electron chi connectivity index (χ1n) is 6.76. The summed E-state index contributed by atoms with van der Waals surface area (Å²) in [5.74, 6) is -0.0169. The van der Waals surface area contributed by atoms with Crippen molar-refractivity contribution >= 4 is 17.0 Å². The second kappa shape index (κ2) is 5.40. The zero-order valence-electron chi connectivity index (χ0n) is 11.6. The number of hydrogen-bond acceptors (Lipinski definition) is 4. The molecule has 0 spiro atoms. The third kappa shape index (κ3) is 2.65. The molecule has 0 amide bonds. The first-order valence-corrected chi connectivity index (χ1v) is 6.76. The van der Waals surface area contributed by atoms with Crippen LogP contribution in [0.25, 0.3) is 11.0 Å². The smallest absolute Gasteiger partial charge is 0.335 e. The fourth-order valence-electron chi connectivity index (χ4n) is 2.33. The SMILES string of the molecule is CC(CCc1ccco1)n1nnc2cc(C(=O)O)ccc21. The molecule has 3 rings (SSSR count). The molecule has 1 atom stereocenters. The second-order valence-corrected chi connectivity index (χ2v) is 5.01. The van der Waals surface area contributed by atoms with Crippen molar-refractivity contribution in [3.8, 4) is 0 Å². The molecule has 0 aliphatic rings. The fourth-order valence-corrected chi connectivity index (χ4v) is 2.33. The van der Waals surface area contributed by atoms with Crippen LogP contribution in [0.4, 0.5) is 0 Å². The number of nitrogens with zero attached hydrogens (tertiary/aromatic N) is 3. The molecule has 108 valence electrons. The fraction of sp³-hybridized carbons (Fsp3) is 0.267. The zero-order valence-corrected chi connectivity index (χ0v) is 11.6. The van der Waals surface area contributed by atoms with Crippen LogP contribution in [0.3, 0.4) is 0 Å². The van der Waals surface area contributed by atoms with Crippen LogP contribution >= 0.6 is 0 Å². The lowest BCUT2D eigenvalue weighted by atomic mass is 10.1. The van der Waals surface area contributed by atoms with Gasteiger partial charge in [-0.1, -0.05) is 5.21 Å². The van der Waals surface area contributed by atoms with E-state index in [0.717, 1.165) is 24.1 Å². The van der Waals surface area contributed by atoms with Gasteiger partial charge < -0.3 is 9.52 Å². The number of fused-ring (bicyclic) bond motifs is 1. The Balaban J connectivity index is 1.81. The van der Waals surface area contributed by atoms with Gasteiger partial charge in [-0.25, -0.2) is 9.48 Å². The quantitative estimate of drug-likeness (QED) is 0.779. The summed E-state index contributed by atoms with van der Waals surface area (Å²) in [4.78, 5) is 11.0. The maximum Gasteiger partial charge on any atom is 0.335 e. The highest BCUT2D eigenvalue weighted by Crippen LogP contribution is 2.20. The molecule has 1 unspecified atom stereocenters. The number of benzene rings is 1. The molecule has 2 heterocycles. The molecule has 0 aliphatic carbocycles. The average molecular weight is 285 g/mol. The number of carboxylic acid groups (broad SMARTS) is 1. The lowest BCUT2D eigenvalue weighted by Gasteiger charge is -2.11. The topological polar surface area (TPSA) is 81.2 Å².